The number of alkyl halides is 2. The highest BCUT2D eigenvalue weighted by atomic mass is 19.3. The highest BCUT2D eigenvalue weighted by Crippen LogP contribution is 2.35. The molecule has 4 rings (SSSR count). The van der Waals surface area contributed by atoms with Crippen molar-refractivity contribution in [3.63, 3.8) is 0 Å². The summed E-state index contributed by atoms with van der Waals surface area (Å²) in [5.41, 5.74) is 0.410. The first-order chi connectivity index (χ1) is 19.3. The van der Waals surface area contributed by atoms with Gasteiger partial charge < -0.3 is 18.9 Å². The van der Waals surface area contributed by atoms with E-state index in [1.807, 2.05) is 0 Å². The van der Waals surface area contributed by atoms with Gasteiger partial charge in [-0.1, -0.05) is 0 Å². The molecule has 0 saturated carbocycles. The highest BCUT2D eigenvalue weighted by Gasteiger charge is 2.33. The van der Waals surface area contributed by atoms with Gasteiger partial charge in [0.15, 0.2) is 11.6 Å². The Morgan fingerprint density at radius 2 is 1.93 bits per heavy atom. The van der Waals surface area contributed by atoms with Gasteiger partial charge in [0.1, 0.15) is 5.60 Å². The number of imidazole rings is 1. The Hall–Kier alpha value is -4.09. The van der Waals surface area contributed by atoms with E-state index in [0.29, 0.717) is 16.8 Å². The van der Waals surface area contributed by atoms with Gasteiger partial charge in [-0.05, 0) is 64.3 Å². The Kier molecular flexibility index (Phi) is 8.60. The Balaban J connectivity index is 1.65. The van der Waals surface area contributed by atoms with Gasteiger partial charge in [-0.3, -0.25) is 14.7 Å². The second kappa shape index (κ2) is 11.8. The maximum Gasteiger partial charge on any atom is 0.416 e. The van der Waals surface area contributed by atoms with Gasteiger partial charge in [-0.2, -0.15) is 0 Å². The first-order valence-corrected chi connectivity index (χ1v) is 13.3. The average Bonchev–Trinajstić information content (AvgIpc) is 3.36. The van der Waals surface area contributed by atoms with Crippen molar-refractivity contribution in [2.45, 2.75) is 65.7 Å². The molecule has 2 amide bonds. The summed E-state index contributed by atoms with van der Waals surface area (Å²) in [5.74, 6) is -0.752. The second-order valence-electron chi connectivity index (χ2n) is 10.8. The van der Waals surface area contributed by atoms with E-state index in [4.69, 9.17) is 9.47 Å². The maximum absolute atomic E-state index is 14.2. The predicted octanol–water partition coefficient (Wildman–Crippen LogP) is 5.93. The Morgan fingerprint density at radius 3 is 2.59 bits per heavy atom. The number of ether oxygens (including phenoxy) is 2. The molecule has 1 aliphatic heterocycles. The standard InChI is InChI=1S/C29H34F3N5O4/c1-7-40-24-14-23(34-15-22(24)30)17(2)37-10-8-19-20(25(31)32)12-18(13-21(19)26(37)38)16-36-11-9-33-27(36)35(6)28(39)41-29(3,4)5/h9,11-15,17,25H,7-8,10,16H2,1-6H3. The zero-order valence-electron chi connectivity index (χ0n) is 24.0. The van der Waals surface area contributed by atoms with Crippen molar-refractivity contribution >= 4 is 17.9 Å². The van der Waals surface area contributed by atoms with Crippen LogP contribution < -0.4 is 9.64 Å². The Labute approximate surface area is 236 Å². The van der Waals surface area contributed by atoms with Crippen LogP contribution in [0.1, 0.15) is 79.8 Å². The molecule has 0 N–H and O–H groups in total. The lowest BCUT2D eigenvalue weighted by Gasteiger charge is -2.34. The van der Waals surface area contributed by atoms with Crippen LogP contribution >= 0.6 is 0 Å². The van der Waals surface area contributed by atoms with Gasteiger partial charge in [0, 0.05) is 43.2 Å². The predicted molar refractivity (Wildman–Crippen MR) is 146 cm³/mol. The van der Waals surface area contributed by atoms with Crippen molar-refractivity contribution in [1.29, 1.82) is 0 Å². The maximum atomic E-state index is 14.2. The van der Waals surface area contributed by atoms with Gasteiger partial charge in [0.25, 0.3) is 12.3 Å². The molecular formula is C29H34F3N5O4. The van der Waals surface area contributed by atoms with Gasteiger partial charge in [0.05, 0.1) is 31.1 Å². The normalized spacial score (nSPS) is 14.2. The average molecular weight is 574 g/mol. The second-order valence-corrected chi connectivity index (χ2v) is 10.8. The Morgan fingerprint density at radius 1 is 1.20 bits per heavy atom. The highest BCUT2D eigenvalue weighted by molar-refractivity contribution is 5.97. The number of anilines is 1. The molecule has 3 aromatic rings. The largest absolute Gasteiger partial charge is 0.491 e. The van der Waals surface area contributed by atoms with Crippen molar-refractivity contribution in [3.05, 3.63) is 70.6 Å². The summed E-state index contributed by atoms with van der Waals surface area (Å²) < 4.78 is 54.9. The van der Waals surface area contributed by atoms with Crippen LogP contribution in [0, 0.1) is 5.82 Å². The molecule has 0 fully saturated rings. The van der Waals surface area contributed by atoms with Crippen molar-refractivity contribution in [3.8, 4) is 5.75 Å². The summed E-state index contributed by atoms with van der Waals surface area (Å²) in [5, 5.41) is 0. The molecule has 0 radical (unpaired) electrons. The zero-order chi connectivity index (χ0) is 30.1. The van der Waals surface area contributed by atoms with E-state index in [1.165, 1.54) is 35.2 Å². The third-order valence-corrected chi connectivity index (χ3v) is 6.72. The molecule has 9 nitrogen and oxygen atoms in total. The number of amides is 2. The number of hydrogen-bond donors (Lipinski definition) is 0. The molecule has 1 aromatic carbocycles. The van der Waals surface area contributed by atoms with Gasteiger partial charge in [0.2, 0.25) is 5.95 Å². The molecule has 0 spiro atoms. The van der Waals surface area contributed by atoms with E-state index in [0.717, 1.165) is 6.20 Å². The number of rotatable bonds is 8. The van der Waals surface area contributed by atoms with Gasteiger partial charge in [-0.15, -0.1) is 0 Å². The molecule has 0 saturated heterocycles. The molecule has 0 aliphatic carbocycles. The fourth-order valence-corrected chi connectivity index (χ4v) is 4.79. The fourth-order valence-electron chi connectivity index (χ4n) is 4.79. The van der Waals surface area contributed by atoms with Crippen LogP contribution in [-0.2, 0) is 17.7 Å². The number of carbonyl (C=O) groups excluding carboxylic acids is 2. The number of benzene rings is 1. The van der Waals surface area contributed by atoms with Crippen LogP contribution in [-0.4, -0.2) is 57.2 Å². The summed E-state index contributed by atoms with van der Waals surface area (Å²) in [6, 6.07) is 3.89. The summed E-state index contributed by atoms with van der Waals surface area (Å²) in [6.07, 6.45) is 0.962. The van der Waals surface area contributed by atoms with Crippen molar-refractivity contribution in [1.82, 2.24) is 19.4 Å². The molecule has 220 valence electrons. The van der Waals surface area contributed by atoms with E-state index in [9.17, 15) is 22.8 Å². The Bertz CT molecular complexity index is 1440. The summed E-state index contributed by atoms with van der Waals surface area (Å²) >= 11 is 0. The molecule has 1 unspecified atom stereocenters. The van der Waals surface area contributed by atoms with Crippen LogP contribution in [0.5, 0.6) is 5.75 Å². The van der Waals surface area contributed by atoms with E-state index in [2.05, 4.69) is 9.97 Å². The number of nitrogens with zero attached hydrogens (tertiary/aromatic N) is 5. The van der Waals surface area contributed by atoms with Crippen LogP contribution in [0.3, 0.4) is 0 Å². The molecule has 3 heterocycles. The molecule has 2 aromatic heterocycles. The van der Waals surface area contributed by atoms with E-state index < -0.39 is 35.9 Å². The number of aromatic nitrogens is 3. The minimum Gasteiger partial charge on any atom is -0.491 e. The van der Waals surface area contributed by atoms with Crippen molar-refractivity contribution < 1.29 is 32.2 Å². The number of pyridine rings is 1. The quantitative estimate of drug-likeness (QED) is 0.332. The zero-order valence-corrected chi connectivity index (χ0v) is 24.0. The monoisotopic (exact) mass is 573 g/mol. The summed E-state index contributed by atoms with van der Waals surface area (Å²) in [4.78, 5) is 37.4. The van der Waals surface area contributed by atoms with Crippen LogP contribution in [0.15, 0.2) is 36.8 Å². The molecule has 41 heavy (non-hydrogen) atoms. The molecule has 1 atom stereocenters. The summed E-state index contributed by atoms with van der Waals surface area (Å²) in [6.45, 7) is 9.25. The SMILES string of the molecule is CCOc1cc(C(C)N2CCc3c(cc(Cn4ccnc4N(C)C(=O)OC(C)(C)C)cc3C(F)F)C2=O)ncc1F. The lowest BCUT2D eigenvalue weighted by Crippen LogP contribution is -2.40. The van der Waals surface area contributed by atoms with Crippen LogP contribution in [0.25, 0.3) is 0 Å². The third kappa shape index (κ3) is 6.47. The van der Waals surface area contributed by atoms with Crippen molar-refractivity contribution in [2.75, 3.05) is 25.1 Å². The first kappa shape index (κ1) is 29.9. The molecular weight excluding hydrogens is 539 g/mol. The first-order valence-electron chi connectivity index (χ1n) is 13.3. The number of halogens is 3. The lowest BCUT2D eigenvalue weighted by atomic mass is 9.90. The van der Waals surface area contributed by atoms with Gasteiger partial charge in [-0.25, -0.2) is 22.9 Å². The molecule has 1 aliphatic rings. The number of hydrogen-bond acceptors (Lipinski definition) is 6. The van der Waals surface area contributed by atoms with E-state index in [1.54, 1.807) is 51.4 Å². The van der Waals surface area contributed by atoms with Gasteiger partial charge >= 0.3 is 6.09 Å². The van der Waals surface area contributed by atoms with E-state index >= 15 is 0 Å². The van der Waals surface area contributed by atoms with Crippen molar-refractivity contribution in [2.24, 2.45) is 0 Å². The number of fused-ring (bicyclic) bond motifs is 1. The lowest BCUT2D eigenvalue weighted by molar-refractivity contribution is 0.0585. The third-order valence-electron chi connectivity index (χ3n) is 6.72. The topological polar surface area (TPSA) is 89.8 Å². The van der Waals surface area contributed by atoms with E-state index in [-0.39, 0.29) is 48.9 Å². The fraction of sp³-hybridized carbons (Fsp3) is 0.448. The molecule has 0 bridgehead atoms. The minimum atomic E-state index is -2.79. The smallest absolute Gasteiger partial charge is 0.416 e. The van der Waals surface area contributed by atoms with Crippen LogP contribution in [0.2, 0.25) is 0 Å². The summed E-state index contributed by atoms with van der Waals surface area (Å²) in [7, 11) is 1.51. The van der Waals surface area contributed by atoms with Crippen LogP contribution in [0.4, 0.5) is 23.9 Å². The minimum absolute atomic E-state index is 0.0315. The number of carbonyl (C=O) groups is 2. The molecule has 12 heteroatoms.